The summed E-state index contributed by atoms with van der Waals surface area (Å²) in [7, 11) is 0. The fraction of sp³-hybridized carbons (Fsp3) is 0.500. The van der Waals surface area contributed by atoms with E-state index in [0.29, 0.717) is 6.04 Å². The monoisotopic (exact) mass is 313 g/mol. The van der Waals surface area contributed by atoms with E-state index in [1.165, 1.54) is 37.2 Å². The summed E-state index contributed by atoms with van der Waals surface area (Å²) in [5, 5.41) is 5.91. The van der Waals surface area contributed by atoms with Gasteiger partial charge in [-0.05, 0) is 30.2 Å². The quantitative estimate of drug-likeness (QED) is 0.919. The molecule has 1 aromatic carbocycles. The molecule has 116 valence electrons. The number of likely N-dealkylation sites (tertiary alicyclic amines) is 1. The van der Waals surface area contributed by atoms with Crippen molar-refractivity contribution in [2.45, 2.75) is 32.0 Å². The first-order valence-electron chi connectivity index (χ1n) is 8.25. The predicted molar refractivity (Wildman–Crippen MR) is 90.7 cm³/mol. The standard InChI is InChI=1S/C18H23N3S/c1-2-4-14(5-3-1)9-21-10-15-6-7-18(17(15)11-21)19-8-16-12-22-13-20-16/h1-5,12-13,15,17-19H,6-11H2/t15-,17-,18-/m0/s1. The van der Waals surface area contributed by atoms with Gasteiger partial charge < -0.3 is 5.32 Å². The van der Waals surface area contributed by atoms with Gasteiger partial charge in [0.1, 0.15) is 0 Å². The first-order chi connectivity index (χ1) is 10.9. The Morgan fingerprint density at radius 3 is 2.91 bits per heavy atom. The number of benzene rings is 1. The molecule has 1 aromatic heterocycles. The van der Waals surface area contributed by atoms with Crippen molar-refractivity contribution in [3.63, 3.8) is 0 Å². The van der Waals surface area contributed by atoms with Crippen LogP contribution in [-0.4, -0.2) is 29.0 Å². The van der Waals surface area contributed by atoms with Gasteiger partial charge in [0.25, 0.3) is 0 Å². The second-order valence-electron chi connectivity index (χ2n) is 6.65. The van der Waals surface area contributed by atoms with Crippen molar-refractivity contribution in [2.75, 3.05) is 13.1 Å². The summed E-state index contributed by atoms with van der Waals surface area (Å²) in [5.41, 5.74) is 4.55. The van der Waals surface area contributed by atoms with E-state index in [0.717, 1.165) is 24.9 Å². The highest BCUT2D eigenvalue weighted by Gasteiger charge is 2.42. The van der Waals surface area contributed by atoms with Crippen LogP contribution in [0.15, 0.2) is 41.2 Å². The Balaban J connectivity index is 1.33. The molecule has 0 spiro atoms. The first-order valence-corrected chi connectivity index (χ1v) is 9.19. The highest BCUT2D eigenvalue weighted by molar-refractivity contribution is 7.07. The molecule has 2 aliphatic rings. The number of rotatable bonds is 5. The van der Waals surface area contributed by atoms with Crippen molar-refractivity contribution in [1.82, 2.24) is 15.2 Å². The van der Waals surface area contributed by atoms with Crippen LogP contribution in [0.5, 0.6) is 0 Å². The van der Waals surface area contributed by atoms with E-state index >= 15 is 0 Å². The number of fused-ring (bicyclic) bond motifs is 1. The van der Waals surface area contributed by atoms with E-state index < -0.39 is 0 Å². The third-order valence-corrected chi connectivity index (χ3v) is 5.85. The minimum Gasteiger partial charge on any atom is -0.308 e. The summed E-state index contributed by atoms with van der Waals surface area (Å²) < 4.78 is 0. The Bertz CT molecular complexity index is 584. The number of nitrogens with zero attached hydrogens (tertiary/aromatic N) is 2. The number of aromatic nitrogens is 1. The van der Waals surface area contributed by atoms with Crippen molar-refractivity contribution in [1.29, 1.82) is 0 Å². The number of hydrogen-bond donors (Lipinski definition) is 1. The van der Waals surface area contributed by atoms with Gasteiger partial charge >= 0.3 is 0 Å². The van der Waals surface area contributed by atoms with Gasteiger partial charge in [-0.1, -0.05) is 30.3 Å². The van der Waals surface area contributed by atoms with Crippen LogP contribution in [0.25, 0.3) is 0 Å². The number of hydrogen-bond acceptors (Lipinski definition) is 4. The zero-order valence-electron chi connectivity index (χ0n) is 12.8. The highest BCUT2D eigenvalue weighted by Crippen LogP contribution is 2.38. The van der Waals surface area contributed by atoms with Crippen molar-refractivity contribution >= 4 is 11.3 Å². The van der Waals surface area contributed by atoms with Crippen LogP contribution in [0, 0.1) is 11.8 Å². The zero-order valence-corrected chi connectivity index (χ0v) is 13.6. The Morgan fingerprint density at radius 1 is 1.18 bits per heavy atom. The molecule has 22 heavy (non-hydrogen) atoms. The summed E-state index contributed by atoms with van der Waals surface area (Å²) in [6.45, 7) is 4.55. The molecular formula is C18H23N3S. The van der Waals surface area contributed by atoms with E-state index in [-0.39, 0.29) is 0 Å². The van der Waals surface area contributed by atoms with Crippen molar-refractivity contribution in [2.24, 2.45) is 11.8 Å². The maximum absolute atomic E-state index is 4.38. The topological polar surface area (TPSA) is 28.2 Å². The molecule has 0 bridgehead atoms. The van der Waals surface area contributed by atoms with E-state index in [9.17, 15) is 0 Å². The molecule has 4 rings (SSSR count). The summed E-state index contributed by atoms with van der Waals surface area (Å²) >= 11 is 1.68. The summed E-state index contributed by atoms with van der Waals surface area (Å²) in [5.74, 6) is 1.71. The van der Waals surface area contributed by atoms with Gasteiger partial charge in [-0.25, -0.2) is 4.98 Å². The van der Waals surface area contributed by atoms with Crippen LogP contribution in [0.3, 0.4) is 0 Å². The van der Waals surface area contributed by atoms with Crippen LogP contribution < -0.4 is 5.32 Å². The lowest BCUT2D eigenvalue weighted by atomic mass is 9.98. The second-order valence-corrected chi connectivity index (χ2v) is 7.37. The molecule has 0 radical (unpaired) electrons. The lowest BCUT2D eigenvalue weighted by Gasteiger charge is -2.21. The summed E-state index contributed by atoms with van der Waals surface area (Å²) in [6.07, 6.45) is 2.71. The molecule has 3 nitrogen and oxygen atoms in total. The van der Waals surface area contributed by atoms with Crippen LogP contribution in [0.4, 0.5) is 0 Å². The van der Waals surface area contributed by atoms with Gasteiger partial charge in [0.05, 0.1) is 11.2 Å². The van der Waals surface area contributed by atoms with E-state index in [1.54, 1.807) is 11.3 Å². The van der Waals surface area contributed by atoms with E-state index in [4.69, 9.17) is 0 Å². The third-order valence-electron chi connectivity index (χ3n) is 5.21. The highest BCUT2D eigenvalue weighted by atomic mass is 32.1. The molecule has 1 aliphatic heterocycles. The van der Waals surface area contributed by atoms with Crippen LogP contribution in [-0.2, 0) is 13.1 Å². The van der Waals surface area contributed by atoms with Crippen LogP contribution >= 0.6 is 11.3 Å². The molecule has 1 N–H and O–H groups in total. The number of thiazole rings is 1. The Labute approximate surface area is 136 Å². The van der Waals surface area contributed by atoms with Gasteiger partial charge in [-0.2, -0.15) is 0 Å². The molecule has 2 aromatic rings. The van der Waals surface area contributed by atoms with Crippen molar-refractivity contribution < 1.29 is 0 Å². The normalized spacial score (nSPS) is 28.1. The summed E-state index contributed by atoms with van der Waals surface area (Å²) in [4.78, 5) is 7.02. The SMILES string of the molecule is c1ccc(CN2C[C@@H]3CC[C@H](NCc4cscn4)[C@H]3C2)cc1. The summed E-state index contributed by atoms with van der Waals surface area (Å²) in [6, 6.07) is 11.5. The smallest absolute Gasteiger partial charge is 0.0795 e. The molecule has 1 saturated carbocycles. The maximum atomic E-state index is 4.38. The molecule has 4 heteroatoms. The molecule has 2 fully saturated rings. The second kappa shape index (κ2) is 6.49. The minimum absolute atomic E-state index is 0.674. The predicted octanol–water partition coefficient (Wildman–Crippen LogP) is 3.14. The largest absolute Gasteiger partial charge is 0.308 e. The van der Waals surface area contributed by atoms with Gasteiger partial charge in [0.15, 0.2) is 0 Å². The molecule has 2 heterocycles. The Hall–Kier alpha value is -1.23. The third kappa shape index (κ3) is 3.09. The molecule has 0 unspecified atom stereocenters. The van der Waals surface area contributed by atoms with E-state index in [1.807, 2.05) is 5.51 Å². The van der Waals surface area contributed by atoms with Crippen LogP contribution in [0.2, 0.25) is 0 Å². The molecule has 3 atom stereocenters. The van der Waals surface area contributed by atoms with Gasteiger partial charge in [0.2, 0.25) is 0 Å². The molecule has 0 amide bonds. The van der Waals surface area contributed by atoms with Crippen molar-refractivity contribution in [3.8, 4) is 0 Å². The van der Waals surface area contributed by atoms with E-state index in [2.05, 4.69) is 50.9 Å². The number of nitrogens with one attached hydrogen (secondary N) is 1. The average Bonchev–Trinajstić information content (AvgIpc) is 3.24. The Kier molecular flexibility index (Phi) is 4.24. The maximum Gasteiger partial charge on any atom is 0.0795 e. The lowest BCUT2D eigenvalue weighted by Crippen LogP contribution is -2.35. The zero-order chi connectivity index (χ0) is 14.8. The fourth-order valence-corrected chi connectivity index (χ4v) is 4.70. The molecular weight excluding hydrogens is 290 g/mol. The lowest BCUT2D eigenvalue weighted by molar-refractivity contribution is 0.288. The average molecular weight is 313 g/mol. The first kappa shape index (κ1) is 14.4. The van der Waals surface area contributed by atoms with Crippen molar-refractivity contribution in [3.05, 3.63) is 52.5 Å². The molecule has 1 saturated heterocycles. The molecule has 1 aliphatic carbocycles. The van der Waals surface area contributed by atoms with Gasteiger partial charge in [-0.3, -0.25) is 4.90 Å². The van der Waals surface area contributed by atoms with Gasteiger partial charge in [-0.15, -0.1) is 11.3 Å². The van der Waals surface area contributed by atoms with Crippen LogP contribution in [0.1, 0.15) is 24.1 Å². The van der Waals surface area contributed by atoms with Gasteiger partial charge in [0, 0.05) is 37.6 Å². The Morgan fingerprint density at radius 2 is 2.09 bits per heavy atom. The minimum atomic E-state index is 0.674. The fourth-order valence-electron chi connectivity index (χ4n) is 4.14.